The lowest BCUT2D eigenvalue weighted by atomic mass is 10.1. The molecule has 0 fully saturated rings. The van der Waals surface area contributed by atoms with E-state index in [1.54, 1.807) is 4.45 Å². The van der Waals surface area contributed by atoms with Crippen LogP contribution in [0, 0.1) is 10.1 Å². The minimum Gasteiger partial charge on any atom is -0.452 e. The van der Waals surface area contributed by atoms with Gasteiger partial charge in [0.1, 0.15) is 0 Å². The van der Waals surface area contributed by atoms with E-state index in [0.717, 1.165) is 0 Å². The minimum absolute atomic E-state index is 0.00253. The fourth-order valence-corrected chi connectivity index (χ4v) is 3.33. The Balaban J connectivity index is 2.30. The molecule has 1 unspecified atom stereocenters. The Bertz CT molecular complexity index is 747. The SMILES string of the molecule is COC(=O)N/N=C/Cc1cc([N+](=O)[O-])c2cnn(PI)c2c1. The first-order valence-electron chi connectivity index (χ1n) is 5.94. The Hall–Kier alpha value is -1.81. The first kappa shape index (κ1) is 16.6. The van der Waals surface area contributed by atoms with Gasteiger partial charge in [0.25, 0.3) is 5.69 Å². The summed E-state index contributed by atoms with van der Waals surface area (Å²) < 4.78 is 6.07. The van der Waals surface area contributed by atoms with E-state index in [4.69, 9.17) is 0 Å². The third-order valence-corrected chi connectivity index (χ3v) is 4.65. The Kier molecular flexibility index (Phi) is 5.61. The number of hydrazone groups is 1. The van der Waals surface area contributed by atoms with Gasteiger partial charge >= 0.3 is 6.09 Å². The maximum Gasteiger partial charge on any atom is 0.427 e. The third-order valence-electron chi connectivity index (χ3n) is 2.76. The summed E-state index contributed by atoms with van der Waals surface area (Å²) in [6, 6.07) is 3.31. The number of nitrogens with zero attached hydrogens (tertiary/aromatic N) is 4. The predicted molar refractivity (Wildman–Crippen MR) is 91.9 cm³/mol. The standard InChI is InChI=1S/C11H11IN5O4P/c1-21-11(18)15-13-3-2-7-4-9-8(6-14-16(9)22-12)10(5-7)17(19)20/h3-6,22H,2H2,1H3,(H,15,18)/b13-3+. The molecule has 11 heteroatoms. The number of carbonyl (C=O) groups is 1. The summed E-state index contributed by atoms with van der Waals surface area (Å²) in [6.45, 7) is 0. The first-order valence-corrected chi connectivity index (χ1v) is 10.00. The number of benzene rings is 1. The number of nitro benzene ring substituents is 1. The number of ether oxygens (including phenoxy) is 1. The van der Waals surface area contributed by atoms with Crippen LogP contribution in [0.2, 0.25) is 0 Å². The second-order valence-corrected chi connectivity index (χ2v) is 6.10. The third kappa shape index (κ3) is 3.69. The van der Waals surface area contributed by atoms with Crippen molar-refractivity contribution in [3.63, 3.8) is 0 Å². The maximum atomic E-state index is 11.2. The number of fused-ring (bicyclic) bond motifs is 1. The quantitative estimate of drug-likeness (QED) is 0.255. The van der Waals surface area contributed by atoms with Crippen LogP contribution in [-0.4, -0.2) is 33.9 Å². The molecule has 2 rings (SSSR count). The topological polar surface area (TPSA) is 112 Å². The smallest absolute Gasteiger partial charge is 0.427 e. The van der Waals surface area contributed by atoms with E-state index in [1.807, 2.05) is 6.07 Å². The fraction of sp³-hybridized carbons (Fsp3) is 0.182. The van der Waals surface area contributed by atoms with Crippen LogP contribution in [0.1, 0.15) is 5.56 Å². The van der Waals surface area contributed by atoms with E-state index >= 15 is 0 Å². The normalized spacial score (nSPS) is 11.5. The lowest BCUT2D eigenvalue weighted by Gasteiger charge is -2.02. The fourth-order valence-electron chi connectivity index (χ4n) is 1.80. The van der Waals surface area contributed by atoms with E-state index in [9.17, 15) is 14.9 Å². The Morgan fingerprint density at radius 3 is 3.09 bits per heavy atom. The molecule has 1 amide bonds. The number of halogens is 1. The van der Waals surface area contributed by atoms with Crippen LogP contribution in [0.25, 0.3) is 10.9 Å². The van der Waals surface area contributed by atoms with E-state index in [-0.39, 0.29) is 5.69 Å². The molecule has 0 saturated carbocycles. The lowest BCUT2D eigenvalue weighted by Crippen LogP contribution is -2.16. The molecule has 1 atom stereocenters. The molecule has 0 aliphatic heterocycles. The molecule has 1 aromatic heterocycles. The van der Waals surface area contributed by atoms with E-state index in [1.165, 1.54) is 25.6 Å². The van der Waals surface area contributed by atoms with Crippen LogP contribution in [0.3, 0.4) is 0 Å². The molecule has 1 aromatic carbocycles. The molecule has 0 radical (unpaired) electrons. The van der Waals surface area contributed by atoms with Crippen LogP contribution < -0.4 is 5.43 Å². The summed E-state index contributed by atoms with van der Waals surface area (Å²) in [5, 5.41) is 19.5. The second-order valence-electron chi connectivity index (χ2n) is 4.06. The number of hydrogen-bond donors (Lipinski definition) is 1. The summed E-state index contributed by atoms with van der Waals surface area (Å²) >= 11 is 2.16. The van der Waals surface area contributed by atoms with Crippen molar-refractivity contribution < 1.29 is 14.5 Å². The first-order chi connectivity index (χ1) is 10.6. The van der Waals surface area contributed by atoms with E-state index in [2.05, 4.69) is 42.4 Å². The summed E-state index contributed by atoms with van der Waals surface area (Å²) in [5.74, 6) is 0. The van der Waals surface area contributed by atoms with Crippen LogP contribution >= 0.6 is 28.4 Å². The molecule has 22 heavy (non-hydrogen) atoms. The van der Waals surface area contributed by atoms with Gasteiger partial charge in [-0.2, -0.15) is 10.2 Å². The minimum atomic E-state index is -0.679. The summed E-state index contributed by atoms with van der Waals surface area (Å²) in [6.07, 6.45) is 2.93. The molecule has 1 heterocycles. The number of nitrogens with one attached hydrogen (secondary N) is 1. The van der Waals surface area contributed by atoms with Crippen molar-refractivity contribution in [3.05, 3.63) is 34.0 Å². The van der Waals surface area contributed by atoms with Gasteiger partial charge in [0.15, 0.2) is 0 Å². The molecule has 0 saturated heterocycles. The molecule has 0 aliphatic carbocycles. The van der Waals surface area contributed by atoms with Crippen molar-refractivity contribution >= 4 is 57.3 Å². The van der Waals surface area contributed by atoms with Crippen LogP contribution in [0.15, 0.2) is 23.4 Å². The molecule has 116 valence electrons. The van der Waals surface area contributed by atoms with Gasteiger partial charge in [-0.05, 0) is 33.7 Å². The lowest BCUT2D eigenvalue weighted by molar-refractivity contribution is -0.383. The molecule has 0 bridgehead atoms. The molecule has 9 nitrogen and oxygen atoms in total. The van der Waals surface area contributed by atoms with E-state index < -0.39 is 11.0 Å². The van der Waals surface area contributed by atoms with Gasteiger partial charge < -0.3 is 4.74 Å². The highest BCUT2D eigenvalue weighted by Gasteiger charge is 2.17. The van der Waals surface area contributed by atoms with Crippen molar-refractivity contribution in [2.24, 2.45) is 5.10 Å². The number of non-ortho nitro benzene ring substituents is 1. The van der Waals surface area contributed by atoms with Crippen LogP contribution in [0.5, 0.6) is 0 Å². The number of amides is 1. The Morgan fingerprint density at radius 1 is 1.68 bits per heavy atom. The summed E-state index contributed by atoms with van der Waals surface area (Å²) in [5.41, 5.74) is 3.55. The highest BCUT2D eigenvalue weighted by atomic mass is 127. The Morgan fingerprint density at radius 2 is 2.45 bits per heavy atom. The van der Waals surface area contributed by atoms with Gasteiger partial charge in [-0.15, -0.1) is 0 Å². The van der Waals surface area contributed by atoms with Crippen molar-refractivity contribution in [2.45, 2.75) is 6.42 Å². The maximum absolute atomic E-state index is 11.2. The zero-order valence-corrected chi connectivity index (χ0v) is 14.5. The number of nitro groups is 1. The van der Waals surface area contributed by atoms with Gasteiger partial charge in [0.05, 0.1) is 35.5 Å². The number of carbonyl (C=O) groups excluding carboxylic acids is 1. The molecular weight excluding hydrogens is 424 g/mol. The van der Waals surface area contributed by atoms with Gasteiger partial charge in [0.2, 0.25) is 0 Å². The van der Waals surface area contributed by atoms with Crippen molar-refractivity contribution in [1.29, 1.82) is 0 Å². The van der Waals surface area contributed by atoms with Gasteiger partial charge in [-0.1, -0.05) is 0 Å². The van der Waals surface area contributed by atoms with Gasteiger partial charge in [0, 0.05) is 18.7 Å². The highest BCUT2D eigenvalue weighted by Crippen LogP contribution is 2.33. The molecule has 0 aliphatic rings. The van der Waals surface area contributed by atoms with Crippen LogP contribution in [-0.2, 0) is 11.2 Å². The molecule has 2 aromatic rings. The Labute approximate surface area is 139 Å². The predicted octanol–water partition coefficient (Wildman–Crippen LogP) is 2.62. The van der Waals surface area contributed by atoms with Gasteiger partial charge in [-0.3, -0.25) is 10.1 Å². The average molecular weight is 435 g/mol. The number of rotatable bonds is 5. The number of hydrogen-bond acceptors (Lipinski definition) is 6. The molecule has 0 spiro atoms. The zero-order chi connectivity index (χ0) is 16.1. The van der Waals surface area contributed by atoms with Gasteiger partial charge in [-0.25, -0.2) is 14.7 Å². The highest BCUT2D eigenvalue weighted by molar-refractivity contribution is 14.2. The monoisotopic (exact) mass is 435 g/mol. The number of aromatic nitrogens is 2. The second kappa shape index (κ2) is 7.45. The van der Waals surface area contributed by atoms with Crippen molar-refractivity contribution in [1.82, 2.24) is 15.0 Å². The largest absolute Gasteiger partial charge is 0.452 e. The molecular formula is C11H11IN5O4P. The average Bonchev–Trinajstić information content (AvgIpc) is 2.93. The summed E-state index contributed by atoms with van der Waals surface area (Å²) in [4.78, 5) is 21.6. The number of methoxy groups -OCH3 is 1. The van der Waals surface area contributed by atoms with Crippen LogP contribution in [0.4, 0.5) is 10.5 Å². The zero-order valence-electron chi connectivity index (χ0n) is 11.3. The molecule has 1 N–H and O–H groups in total. The summed E-state index contributed by atoms with van der Waals surface area (Å²) in [7, 11) is 1.23. The van der Waals surface area contributed by atoms with Crippen molar-refractivity contribution in [3.8, 4) is 0 Å². The van der Waals surface area contributed by atoms with Crippen molar-refractivity contribution in [2.75, 3.05) is 7.11 Å². The van der Waals surface area contributed by atoms with E-state index in [0.29, 0.717) is 29.3 Å².